The molecule has 0 radical (unpaired) electrons. The summed E-state index contributed by atoms with van der Waals surface area (Å²) in [5.41, 5.74) is 2.20. The molecule has 0 heterocycles. The second-order valence-electron chi connectivity index (χ2n) is 4.80. The van der Waals surface area contributed by atoms with Gasteiger partial charge in [0.05, 0.1) is 5.75 Å². The summed E-state index contributed by atoms with van der Waals surface area (Å²) < 4.78 is 22.8. The third-order valence-corrected chi connectivity index (χ3v) is 6.19. The number of aryl methyl sites for hydroxylation is 1. The molecule has 0 saturated carbocycles. The molecular formula is C13H18Br2O2S. The third kappa shape index (κ3) is 4.35. The van der Waals surface area contributed by atoms with Crippen molar-refractivity contribution in [1.29, 1.82) is 0 Å². The molecule has 102 valence electrons. The zero-order valence-electron chi connectivity index (χ0n) is 10.6. The van der Waals surface area contributed by atoms with Gasteiger partial charge in [0.25, 0.3) is 0 Å². The lowest BCUT2D eigenvalue weighted by Gasteiger charge is -2.30. The van der Waals surface area contributed by atoms with Crippen molar-refractivity contribution in [2.75, 3.05) is 22.7 Å². The normalized spacial score (nSPS) is 12.7. The highest BCUT2D eigenvalue weighted by atomic mass is 79.9. The van der Waals surface area contributed by atoms with Gasteiger partial charge >= 0.3 is 0 Å². The summed E-state index contributed by atoms with van der Waals surface area (Å²) >= 11 is 7.07. The molecule has 0 spiro atoms. The minimum absolute atomic E-state index is 0.172. The fraction of sp³-hybridized carbons (Fsp3) is 0.538. The first-order valence-corrected chi connectivity index (χ1v) is 10.0. The first kappa shape index (κ1) is 16.2. The van der Waals surface area contributed by atoms with Crippen LogP contribution in [0.3, 0.4) is 0 Å². The second-order valence-corrected chi connectivity index (χ2v) is 8.18. The molecule has 0 aromatic heterocycles. The Balaban J connectivity index is 3.07. The van der Waals surface area contributed by atoms with E-state index in [1.165, 1.54) is 17.4 Å². The highest BCUT2D eigenvalue weighted by Crippen LogP contribution is 2.33. The Bertz CT molecular complexity index is 493. The molecule has 1 aromatic rings. The van der Waals surface area contributed by atoms with Gasteiger partial charge in [0.2, 0.25) is 0 Å². The van der Waals surface area contributed by atoms with Crippen LogP contribution >= 0.6 is 31.9 Å². The molecule has 0 atom stereocenters. The van der Waals surface area contributed by atoms with Gasteiger partial charge in [-0.05, 0) is 18.9 Å². The third-order valence-electron chi connectivity index (χ3n) is 3.09. The van der Waals surface area contributed by atoms with Crippen molar-refractivity contribution < 1.29 is 8.42 Å². The quantitative estimate of drug-likeness (QED) is 0.688. The summed E-state index contributed by atoms with van der Waals surface area (Å²) in [6.45, 7) is 2.05. The Kier molecular flexibility index (Phi) is 5.87. The van der Waals surface area contributed by atoms with Gasteiger partial charge in [0.1, 0.15) is 9.84 Å². The number of hydrogen-bond acceptors (Lipinski definition) is 2. The van der Waals surface area contributed by atoms with Crippen LogP contribution in [0.25, 0.3) is 0 Å². The van der Waals surface area contributed by atoms with Crippen LogP contribution in [0.15, 0.2) is 24.3 Å². The molecule has 1 rings (SSSR count). The van der Waals surface area contributed by atoms with Crippen LogP contribution in [0.5, 0.6) is 0 Å². The van der Waals surface area contributed by atoms with Crippen molar-refractivity contribution >= 4 is 41.7 Å². The van der Waals surface area contributed by atoms with E-state index in [2.05, 4.69) is 44.0 Å². The van der Waals surface area contributed by atoms with Crippen LogP contribution in [-0.2, 0) is 15.3 Å². The van der Waals surface area contributed by atoms with Gasteiger partial charge in [-0.3, -0.25) is 0 Å². The maximum absolute atomic E-state index is 11.4. The number of halogens is 2. The van der Waals surface area contributed by atoms with E-state index in [-0.39, 0.29) is 11.2 Å². The highest BCUT2D eigenvalue weighted by Gasteiger charge is 2.31. The van der Waals surface area contributed by atoms with Gasteiger partial charge in [-0.25, -0.2) is 8.42 Å². The Morgan fingerprint density at radius 1 is 1.22 bits per heavy atom. The Morgan fingerprint density at radius 2 is 1.83 bits per heavy atom. The lowest BCUT2D eigenvalue weighted by atomic mass is 9.81. The number of hydrogen-bond donors (Lipinski definition) is 0. The zero-order valence-corrected chi connectivity index (χ0v) is 14.6. The van der Waals surface area contributed by atoms with Gasteiger partial charge in [0.15, 0.2) is 0 Å². The minimum atomic E-state index is -2.94. The van der Waals surface area contributed by atoms with E-state index >= 15 is 0 Å². The van der Waals surface area contributed by atoms with E-state index in [4.69, 9.17) is 0 Å². The number of alkyl halides is 2. The maximum Gasteiger partial charge on any atom is 0.147 e. The fourth-order valence-electron chi connectivity index (χ4n) is 1.82. The highest BCUT2D eigenvalue weighted by molar-refractivity contribution is 9.09. The molecule has 0 saturated heterocycles. The smallest absolute Gasteiger partial charge is 0.147 e. The standard InChI is InChI=1S/C13H18Br2O2S/c1-11-4-3-5-12(8-11)13(9-14,10-15)6-7-18(2,16)17/h3-5,8H,6-7,9-10H2,1-2H3. The molecule has 0 aliphatic heterocycles. The van der Waals surface area contributed by atoms with E-state index < -0.39 is 9.84 Å². The minimum Gasteiger partial charge on any atom is -0.229 e. The van der Waals surface area contributed by atoms with Crippen LogP contribution in [0.2, 0.25) is 0 Å². The molecule has 5 heteroatoms. The van der Waals surface area contributed by atoms with Crippen molar-refractivity contribution in [3.63, 3.8) is 0 Å². The van der Waals surface area contributed by atoms with Crippen LogP contribution in [0, 0.1) is 6.92 Å². The number of rotatable bonds is 6. The second kappa shape index (κ2) is 6.53. The molecule has 0 N–H and O–H groups in total. The summed E-state index contributed by atoms with van der Waals surface area (Å²) in [7, 11) is -2.94. The van der Waals surface area contributed by atoms with Crippen molar-refractivity contribution in [2.24, 2.45) is 0 Å². The first-order chi connectivity index (χ1) is 8.33. The van der Waals surface area contributed by atoms with Crippen LogP contribution < -0.4 is 0 Å². The maximum atomic E-state index is 11.4. The van der Waals surface area contributed by atoms with Gasteiger partial charge in [0, 0.05) is 22.3 Å². The van der Waals surface area contributed by atoms with Crippen LogP contribution in [-0.4, -0.2) is 31.1 Å². The van der Waals surface area contributed by atoms with Gasteiger partial charge in [-0.15, -0.1) is 0 Å². The Labute approximate surface area is 126 Å². The molecule has 0 aliphatic rings. The molecule has 18 heavy (non-hydrogen) atoms. The van der Waals surface area contributed by atoms with Crippen molar-refractivity contribution in [3.8, 4) is 0 Å². The van der Waals surface area contributed by atoms with Gasteiger partial charge in [-0.2, -0.15) is 0 Å². The molecule has 0 fully saturated rings. The SMILES string of the molecule is Cc1cccc(C(CBr)(CBr)CCS(C)(=O)=O)c1. The number of sulfone groups is 1. The average molecular weight is 398 g/mol. The Hall–Kier alpha value is 0.130. The summed E-state index contributed by atoms with van der Waals surface area (Å²) in [6.07, 6.45) is 1.91. The van der Waals surface area contributed by atoms with E-state index in [0.717, 1.165) is 10.7 Å². The molecule has 2 nitrogen and oxygen atoms in total. The zero-order chi connectivity index (χ0) is 13.8. The molecule has 1 aromatic carbocycles. The summed E-state index contributed by atoms with van der Waals surface area (Å²) in [5, 5.41) is 1.48. The fourth-order valence-corrected chi connectivity index (χ4v) is 4.72. The topological polar surface area (TPSA) is 34.1 Å². The molecule has 0 bridgehead atoms. The monoisotopic (exact) mass is 396 g/mol. The molecule has 0 unspecified atom stereocenters. The summed E-state index contributed by atoms with van der Waals surface area (Å²) in [4.78, 5) is 0. The molecular weight excluding hydrogens is 380 g/mol. The van der Waals surface area contributed by atoms with Crippen LogP contribution in [0.4, 0.5) is 0 Å². The lowest BCUT2D eigenvalue weighted by Crippen LogP contribution is -2.32. The van der Waals surface area contributed by atoms with E-state index in [0.29, 0.717) is 6.42 Å². The van der Waals surface area contributed by atoms with Gasteiger partial charge in [-0.1, -0.05) is 61.7 Å². The lowest BCUT2D eigenvalue weighted by molar-refractivity contribution is 0.524. The summed E-state index contributed by atoms with van der Waals surface area (Å²) in [6, 6.07) is 8.26. The van der Waals surface area contributed by atoms with Gasteiger partial charge < -0.3 is 0 Å². The van der Waals surface area contributed by atoms with Crippen molar-refractivity contribution in [1.82, 2.24) is 0 Å². The largest absolute Gasteiger partial charge is 0.229 e. The van der Waals surface area contributed by atoms with E-state index in [1.54, 1.807) is 0 Å². The molecule has 0 amide bonds. The predicted octanol–water partition coefficient (Wildman–Crippen LogP) is 3.46. The van der Waals surface area contributed by atoms with Crippen molar-refractivity contribution in [3.05, 3.63) is 35.4 Å². The van der Waals surface area contributed by atoms with Crippen LogP contribution in [0.1, 0.15) is 17.5 Å². The number of benzene rings is 1. The Morgan fingerprint density at radius 3 is 2.28 bits per heavy atom. The van der Waals surface area contributed by atoms with Crippen molar-refractivity contribution in [2.45, 2.75) is 18.8 Å². The predicted molar refractivity (Wildman–Crippen MR) is 84.8 cm³/mol. The molecule has 0 aliphatic carbocycles. The van der Waals surface area contributed by atoms with E-state index in [9.17, 15) is 8.42 Å². The van der Waals surface area contributed by atoms with E-state index in [1.807, 2.05) is 19.1 Å². The average Bonchev–Trinajstić information content (AvgIpc) is 2.30. The summed E-state index contributed by atoms with van der Waals surface area (Å²) in [5.74, 6) is 0.206. The first-order valence-electron chi connectivity index (χ1n) is 5.70.